The molecule has 0 radical (unpaired) electrons. The van der Waals surface area contributed by atoms with Crippen molar-refractivity contribution in [1.82, 2.24) is 4.98 Å². The molecule has 0 aliphatic heterocycles. The van der Waals surface area contributed by atoms with Crippen LogP contribution in [0.15, 0.2) is 52.7 Å². The van der Waals surface area contributed by atoms with Gasteiger partial charge in [0, 0.05) is 21.1 Å². The Hall–Kier alpha value is -2.33. The van der Waals surface area contributed by atoms with E-state index in [0.717, 1.165) is 11.3 Å². The lowest BCUT2D eigenvalue weighted by atomic mass is 10.3. The lowest BCUT2D eigenvalue weighted by molar-refractivity contribution is -0.115. The van der Waals surface area contributed by atoms with Crippen molar-refractivity contribution in [2.24, 2.45) is 0 Å². The second-order valence-electron chi connectivity index (χ2n) is 5.81. The minimum Gasteiger partial charge on any atom is -0.497 e. The van der Waals surface area contributed by atoms with E-state index >= 15 is 0 Å². The lowest BCUT2D eigenvalue weighted by Gasteiger charge is -2.06. The summed E-state index contributed by atoms with van der Waals surface area (Å²) in [5, 5.41) is 5.24. The first-order chi connectivity index (χ1) is 13.7. The maximum Gasteiger partial charge on any atom is 0.263 e. The van der Waals surface area contributed by atoms with Gasteiger partial charge in [-0.3, -0.25) is 9.52 Å². The first-order valence-corrected chi connectivity index (χ1v) is 11.2. The van der Waals surface area contributed by atoms with Gasteiger partial charge in [-0.1, -0.05) is 23.2 Å². The number of sulfonamides is 1. The number of thiazole rings is 1. The van der Waals surface area contributed by atoms with Gasteiger partial charge >= 0.3 is 0 Å². The fraction of sp³-hybridized carbons (Fsp3) is 0.111. The number of carbonyl (C=O) groups excluding carboxylic acids is 1. The molecule has 0 bridgehead atoms. The number of rotatable bonds is 7. The second kappa shape index (κ2) is 9.00. The fourth-order valence-corrected chi connectivity index (χ4v) is 4.85. The van der Waals surface area contributed by atoms with Crippen molar-refractivity contribution < 1.29 is 17.9 Å². The molecule has 1 amide bonds. The number of nitrogens with zero attached hydrogens (tertiary/aromatic N) is 1. The molecule has 0 saturated heterocycles. The smallest absolute Gasteiger partial charge is 0.263 e. The molecule has 7 nitrogen and oxygen atoms in total. The van der Waals surface area contributed by atoms with Crippen LogP contribution in [0.3, 0.4) is 0 Å². The van der Waals surface area contributed by atoms with E-state index in [4.69, 9.17) is 27.9 Å². The molecule has 1 aromatic heterocycles. The predicted octanol–water partition coefficient (Wildman–Crippen LogP) is 4.44. The summed E-state index contributed by atoms with van der Waals surface area (Å²) >= 11 is 12.9. The molecular formula is C18H15Cl2N3O4S2. The fourth-order valence-electron chi connectivity index (χ4n) is 2.36. The van der Waals surface area contributed by atoms with Gasteiger partial charge < -0.3 is 10.1 Å². The molecule has 0 aliphatic rings. The summed E-state index contributed by atoms with van der Waals surface area (Å²) in [7, 11) is -2.30. The molecule has 0 atom stereocenters. The zero-order valence-corrected chi connectivity index (χ0v) is 18.1. The molecule has 2 N–H and O–H groups in total. The SMILES string of the molecule is COc1ccc(S(=O)(=O)Nc2nc(CC(=O)Nc3cc(Cl)cc(Cl)c3)cs2)cc1. The van der Waals surface area contributed by atoms with Gasteiger partial charge in [-0.05, 0) is 42.5 Å². The van der Waals surface area contributed by atoms with Crippen molar-refractivity contribution in [3.63, 3.8) is 0 Å². The number of ether oxygens (including phenoxy) is 1. The van der Waals surface area contributed by atoms with Gasteiger partial charge in [0.15, 0.2) is 5.13 Å². The Morgan fingerprint density at radius 3 is 2.41 bits per heavy atom. The maximum atomic E-state index is 12.4. The highest BCUT2D eigenvalue weighted by Crippen LogP contribution is 2.24. The second-order valence-corrected chi connectivity index (χ2v) is 9.22. The number of hydrogen-bond acceptors (Lipinski definition) is 6. The van der Waals surface area contributed by atoms with E-state index in [1.807, 2.05) is 0 Å². The number of aromatic nitrogens is 1. The number of anilines is 2. The summed E-state index contributed by atoms with van der Waals surface area (Å²) < 4.78 is 32.3. The Labute approximate surface area is 181 Å². The number of nitrogens with one attached hydrogen (secondary N) is 2. The minimum absolute atomic E-state index is 0.0368. The largest absolute Gasteiger partial charge is 0.497 e. The van der Waals surface area contributed by atoms with Crippen LogP contribution >= 0.6 is 34.5 Å². The van der Waals surface area contributed by atoms with Gasteiger partial charge in [0.05, 0.1) is 24.1 Å². The molecule has 0 saturated carbocycles. The number of carbonyl (C=O) groups is 1. The van der Waals surface area contributed by atoms with E-state index in [9.17, 15) is 13.2 Å². The standard InChI is InChI=1S/C18H15Cl2N3O4S2/c1-27-15-2-4-16(5-3-15)29(25,26)23-18-22-14(10-28-18)9-17(24)21-13-7-11(19)6-12(20)8-13/h2-8,10H,9H2,1H3,(H,21,24)(H,22,23). The number of hydrogen-bond donors (Lipinski definition) is 2. The number of halogens is 2. The first-order valence-electron chi connectivity index (χ1n) is 8.12. The third-order valence-corrected chi connectivity index (χ3v) is 6.36. The van der Waals surface area contributed by atoms with Crippen LogP contribution in [0.4, 0.5) is 10.8 Å². The highest BCUT2D eigenvalue weighted by molar-refractivity contribution is 7.93. The van der Waals surface area contributed by atoms with E-state index in [1.54, 1.807) is 35.7 Å². The maximum absolute atomic E-state index is 12.4. The minimum atomic E-state index is -3.80. The molecule has 3 rings (SSSR count). The monoisotopic (exact) mass is 471 g/mol. The third-order valence-electron chi connectivity index (χ3n) is 3.63. The Bertz CT molecular complexity index is 1110. The molecule has 152 valence electrons. The van der Waals surface area contributed by atoms with E-state index in [2.05, 4.69) is 15.0 Å². The molecular weight excluding hydrogens is 457 g/mol. The van der Waals surface area contributed by atoms with Crippen LogP contribution in [0.2, 0.25) is 10.0 Å². The Morgan fingerprint density at radius 1 is 1.14 bits per heavy atom. The highest BCUT2D eigenvalue weighted by Gasteiger charge is 2.17. The van der Waals surface area contributed by atoms with Crippen molar-refractivity contribution >= 4 is 61.3 Å². The van der Waals surface area contributed by atoms with Gasteiger partial charge in [0.1, 0.15) is 5.75 Å². The van der Waals surface area contributed by atoms with Crippen LogP contribution in [0.5, 0.6) is 5.75 Å². The summed E-state index contributed by atoms with van der Waals surface area (Å²) in [5.74, 6) is 0.214. The summed E-state index contributed by atoms with van der Waals surface area (Å²) in [6.07, 6.45) is -0.0368. The molecule has 0 fully saturated rings. The predicted molar refractivity (Wildman–Crippen MR) is 115 cm³/mol. The van der Waals surface area contributed by atoms with Crippen LogP contribution in [0.1, 0.15) is 5.69 Å². The van der Waals surface area contributed by atoms with Crippen molar-refractivity contribution in [3.8, 4) is 5.75 Å². The molecule has 29 heavy (non-hydrogen) atoms. The molecule has 0 aliphatic carbocycles. The number of amides is 1. The summed E-state index contributed by atoms with van der Waals surface area (Å²) in [6.45, 7) is 0. The van der Waals surface area contributed by atoms with Gasteiger partial charge in [-0.25, -0.2) is 13.4 Å². The molecule has 2 aromatic carbocycles. The van der Waals surface area contributed by atoms with E-state index in [0.29, 0.717) is 27.2 Å². The van der Waals surface area contributed by atoms with Crippen LogP contribution in [-0.4, -0.2) is 26.4 Å². The highest BCUT2D eigenvalue weighted by atomic mass is 35.5. The van der Waals surface area contributed by atoms with Crippen molar-refractivity contribution in [3.05, 3.63) is 63.6 Å². The van der Waals surface area contributed by atoms with Crippen LogP contribution in [-0.2, 0) is 21.2 Å². The van der Waals surface area contributed by atoms with Crippen LogP contribution < -0.4 is 14.8 Å². The van der Waals surface area contributed by atoms with E-state index < -0.39 is 10.0 Å². The average molecular weight is 472 g/mol. The Morgan fingerprint density at radius 2 is 1.79 bits per heavy atom. The van der Waals surface area contributed by atoms with Gasteiger partial charge in [-0.15, -0.1) is 11.3 Å². The Kier molecular flexibility index (Phi) is 6.63. The molecule has 1 heterocycles. The van der Waals surface area contributed by atoms with Crippen LogP contribution in [0.25, 0.3) is 0 Å². The topological polar surface area (TPSA) is 97.4 Å². The van der Waals surface area contributed by atoms with Gasteiger partial charge in [0.25, 0.3) is 10.0 Å². The average Bonchev–Trinajstić information content (AvgIpc) is 3.06. The molecule has 0 unspecified atom stereocenters. The van der Waals surface area contributed by atoms with Crippen LogP contribution in [0, 0.1) is 0 Å². The number of benzene rings is 2. The molecule has 0 spiro atoms. The van der Waals surface area contributed by atoms with E-state index in [1.165, 1.54) is 19.2 Å². The molecule has 3 aromatic rings. The first kappa shape index (κ1) is 21.4. The zero-order chi connectivity index (χ0) is 21.0. The van der Waals surface area contributed by atoms with Gasteiger partial charge in [-0.2, -0.15) is 0 Å². The number of methoxy groups -OCH3 is 1. The summed E-state index contributed by atoms with van der Waals surface area (Å²) in [6, 6.07) is 10.7. The van der Waals surface area contributed by atoms with Crippen molar-refractivity contribution in [1.29, 1.82) is 0 Å². The Balaban J connectivity index is 1.64. The summed E-state index contributed by atoms with van der Waals surface area (Å²) in [4.78, 5) is 16.4. The van der Waals surface area contributed by atoms with E-state index in [-0.39, 0.29) is 22.4 Å². The third kappa shape index (κ3) is 5.83. The quantitative estimate of drug-likeness (QED) is 0.530. The van der Waals surface area contributed by atoms with Crippen molar-refractivity contribution in [2.75, 3.05) is 17.1 Å². The lowest BCUT2D eigenvalue weighted by Crippen LogP contribution is -2.15. The van der Waals surface area contributed by atoms with Gasteiger partial charge in [0.2, 0.25) is 5.91 Å². The zero-order valence-electron chi connectivity index (χ0n) is 15.0. The van der Waals surface area contributed by atoms with Crippen molar-refractivity contribution in [2.45, 2.75) is 11.3 Å². The summed E-state index contributed by atoms with van der Waals surface area (Å²) in [5.41, 5.74) is 0.885. The normalized spacial score (nSPS) is 11.1. The molecule has 11 heteroatoms.